The van der Waals surface area contributed by atoms with Crippen molar-refractivity contribution in [3.63, 3.8) is 0 Å². The van der Waals surface area contributed by atoms with Crippen LogP contribution in [0.3, 0.4) is 0 Å². The maximum Gasteiger partial charge on any atom is 0.306 e. The van der Waals surface area contributed by atoms with Gasteiger partial charge in [-0.1, -0.05) is 54.2 Å². The lowest BCUT2D eigenvalue weighted by Gasteiger charge is -2.13. The van der Waals surface area contributed by atoms with Gasteiger partial charge >= 0.3 is 5.97 Å². The van der Waals surface area contributed by atoms with E-state index in [-0.39, 0.29) is 18.3 Å². The fraction of sp³-hybridized carbons (Fsp3) is 0.286. The highest BCUT2D eigenvalue weighted by Gasteiger charge is 2.17. The van der Waals surface area contributed by atoms with Gasteiger partial charge in [0.05, 0.1) is 10.2 Å². The van der Waals surface area contributed by atoms with Crippen LogP contribution < -0.4 is 5.32 Å². The van der Waals surface area contributed by atoms with E-state index in [1.165, 1.54) is 4.70 Å². The first-order valence-electron chi connectivity index (χ1n) is 9.11. The molecule has 2 aromatic carbocycles. The van der Waals surface area contributed by atoms with Crippen molar-refractivity contribution < 1.29 is 14.3 Å². The normalized spacial score (nSPS) is 11.9. The minimum absolute atomic E-state index is 0.286. The molecule has 1 heterocycles. The Balaban J connectivity index is 1.33. The summed E-state index contributed by atoms with van der Waals surface area (Å²) in [6.45, 7) is 2.01. The number of thiazole rings is 1. The molecule has 0 fully saturated rings. The molecule has 1 atom stereocenters. The summed E-state index contributed by atoms with van der Waals surface area (Å²) < 4.78 is 7.40. The zero-order chi connectivity index (χ0) is 19.8. The number of fused-ring (bicyclic) bond motifs is 1. The van der Waals surface area contributed by atoms with Gasteiger partial charge in [-0.15, -0.1) is 11.3 Å². The fourth-order valence-electron chi connectivity index (χ4n) is 2.53. The third kappa shape index (κ3) is 6.07. The number of thioether (sulfide) groups is 1. The number of aromatic nitrogens is 1. The number of amides is 1. The molecule has 0 aliphatic heterocycles. The number of benzene rings is 2. The molecule has 0 saturated carbocycles. The van der Waals surface area contributed by atoms with Crippen LogP contribution in [0.4, 0.5) is 0 Å². The van der Waals surface area contributed by atoms with E-state index >= 15 is 0 Å². The number of para-hydroxylation sites is 1. The quantitative estimate of drug-likeness (QED) is 0.319. The van der Waals surface area contributed by atoms with Crippen LogP contribution in [0.5, 0.6) is 0 Å². The molecule has 146 valence electrons. The summed E-state index contributed by atoms with van der Waals surface area (Å²) in [5.41, 5.74) is 2.01. The minimum Gasteiger partial charge on any atom is -0.453 e. The Labute approximate surface area is 172 Å². The second-order valence-electron chi connectivity index (χ2n) is 6.24. The van der Waals surface area contributed by atoms with E-state index in [0.717, 1.165) is 21.2 Å². The highest BCUT2D eigenvalue weighted by molar-refractivity contribution is 8.01. The van der Waals surface area contributed by atoms with Gasteiger partial charge < -0.3 is 10.1 Å². The zero-order valence-corrected chi connectivity index (χ0v) is 17.2. The molecule has 7 heteroatoms. The van der Waals surface area contributed by atoms with Gasteiger partial charge in [0, 0.05) is 18.7 Å². The lowest BCUT2D eigenvalue weighted by Crippen LogP contribution is -2.35. The molecule has 0 aliphatic rings. The van der Waals surface area contributed by atoms with Gasteiger partial charge in [0.2, 0.25) is 0 Å². The Morgan fingerprint density at radius 1 is 1.14 bits per heavy atom. The highest BCUT2D eigenvalue weighted by Crippen LogP contribution is 2.29. The summed E-state index contributed by atoms with van der Waals surface area (Å²) >= 11 is 3.30. The molecule has 5 nitrogen and oxygen atoms in total. The van der Waals surface area contributed by atoms with E-state index in [9.17, 15) is 9.59 Å². The van der Waals surface area contributed by atoms with E-state index in [4.69, 9.17) is 4.74 Å². The third-order valence-corrected chi connectivity index (χ3v) is 6.28. The van der Waals surface area contributed by atoms with Crippen LogP contribution in [0, 0.1) is 0 Å². The third-order valence-electron chi connectivity index (χ3n) is 4.01. The minimum atomic E-state index is -0.798. The lowest BCUT2D eigenvalue weighted by molar-refractivity contribution is -0.154. The Hall–Kier alpha value is -2.38. The summed E-state index contributed by atoms with van der Waals surface area (Å²) in [6.07, 6.45) is 0.166. The van der Waals surface area contributed by atoms with E-state index in [2.05, 4.69) is 16.4 Å². The number of nitrogens with zero attached hydrogens (tertiary/aromatic N) is 1. The maximum absolute atomic E-state index is 12.1. The van der Waals surface area contributed by atoms with Gasteiger partial charge in [0.1, 0.15) is 0 Å². The molecule has 0 saturated heterocycles. The largest absolute Gasteiger partial charge is 0.453 e. The Bertz CT molecular complexity index is 895. The van der Waals surface area contributed by atoms with Crippen molar-refractivity contribution in [3.8, 4) is 0 Å². The molecule has 1 N–H and O–H groups in total. The van der Waals surface area contributed by atoms with Crippen LogP contribution >= 0.6 is 23.1 Å². The SMILES string of the molecule is C[C@@H](OC(=O)CCCSc1nc2ccccc2s1)C(=O)NCc1ccccc1. The lowest BCUT2D eigenvalue weighted by atomic mass is 10.2. The Kier molecular flexibility index (Phi) is 7.45. The molecular weight excluding hydrogens is 392 g/mol. The molecule has 1 amide bonds. The van der Waals surface area contributed by atoms with Gasteiger partial charge in [-0.05, 0) is 31.0 Å². The van der Waals surface area contributed by atoms with Gasteiger partial charge in [-0.2, -0.15) is 0 Å². The first-order valence-corrected chi connectivity index (χ1v) is 10.9. The van der Waals surface area contributed by atoms with Crippen molar-refractivity contribution in [3.05, 3.63) is 60.2 Å². The maximum atomic E-state index is 12.1. The standard InChI is InChI=1S/C21H22N2O3S2/c1-15(20(25)22-14-16-8-3-2-4-9-16)26-19(24)12-7-13-27-21-23-17-10-5-6-11-18(17)28-21/h2-6,8-11,15H,7,12-14H2,1H3,(H,22,25)/t15-/m1/s1. The molecule has 0 spiro atoms. The van der Waals surface area contributed by atoms with E-state index in [1.54, 1.807) is 30.0 Å². The van der Waals surface area contributed by atoms with E-state index in [1.807, 2.05) is 48.5 Å². The van der Waals surface area contributed by atoms with Crippen molar-refractivity contribution in [2.24, 2.45) is 0 Å². The van der Waals surface area contributed by atoms with E-state index in [0.29, 0.717) is 13.0 Å². The molecule has 3 rings (SSSR count). The molecule has 3 aromatic rings. The summed E-state index contributed by atoms with van der Waals surface area (Å²) in [6, 6.07) is 17.6. The molecule has 0 radical (unpaired) electrons. The number of carbonyl (C=O) groups excluding carboxylic acids is 2. The second kappa shape index (κ2) is 10.2. The molecule has 0 bridgehead atoms. The van der Waals surface area contributed by atoms with E-state index < -0.39 is 6.10 Å². The van der Waals surface area contributed by atoms with Gasteiger partial charge in [0.15, 0.2) is 10.4 Å². The van der Waals surface area contributed by atoms with Crippen LogP contribution in [0.25, 0.3) is 10.2 Å². The number of carbonyl (C=O) groups is 2. The fourth-order valence-corrected chi connectivity index (χ4v) is 4.61. The topological polar surface area (TPSA) is 68.3 Å². The predicted octanol–water partition coefficient (Wildman–Crippen LogP) is 4.42. The van der Waals surface area contributed by atoms with Gasteiger partial charge in [0.25, 0.3) is 5.91 Å². The summed E-state index contributed by atoms with van der Waals surface area (Å²) in [7, 11) is 0. The number of nitrogens with one attached hydrogen (secondary N) is 1. The van der Waals surface area contributed by atoms with Crippen molar-refractivity contribution in [2.45, 2.75) is 36.8 Å². The van der Waals surface area contributed by atoms with Crippen molar-refractivity contribution in [1.82, 2.24) is 10.3 Å². The average molecular weight is 415 g/mol. The Morgan fingerprint density at radius 2 is 1.89 bits per heavy atom. The highest BCUT2D eigenvalue weighted by atomic mass is 32.2. The number of esters is 1. The molecular formula is C21H22N2O3S2. The van der Waals surface area contributed by atoms with Crippen LogP contribution in [0.1, 0.15) is 25.3 Å². The number of hydrogen-bond acceptors (Lipinski definition) is 6. The van der Waals surface area contributed by atoms with Crippen LogP contribution in [0.15, 0.2) is 58.9 Å². The van der Waals surface area contributed by atoms with Crippen molar-refractivity contribution in [2.75, 3.05) is 5.75 Å². The van der Waals surface area contributed by atoms with Gasteiger partial charge in [-0.3, -0.25) is 9.59 Å². The number of hydrogen-bond donors (Lipinski definition) is 1. The molecule has 0 aliphatic carbocycles. The van der Waals surface area contributed by atoms with Gasteiger partial charge in [-0.25, -0.2) is 4.98 Å². The first-order chi connectivity index (χ1) is 13.6. The smallest absolute Gasteiger partial charge is 0.306 e. The zero-order valence-electron chi connectivity index (χ0n) is 15.6. The Morgan fingerprint density at radius 3 is 2.68 bits per heavy atom. The summed E-state index contributed by atoms with van der Waals surface area (Å²) in [5.74, 6) is 0.136. The monoisotopic (exact) mass is 414 g/mol. The second-order valence-corrected chi connectivity index (χ2v) is 8.61. The molecule has 0 unspecified atom stereocenters. The number of rotatable bonds is 9. The van der Waals surface area contributed by atoms with Crippen molar-refractivity contribution >= 4 is 45.2 Å². The van der Waals surface area contributed by atoms with Crippen LogP contribution in [0.2, 0.25) is 0 Å². The van der Waals surface area contributed by atoms with Crippen molar-refractivity contribution in [1.29, 1.82) is 0 Å². The molecule has 28 heavy (non-hydrogen) atoms. The summed E-state index contributed by atoms with van der Waals surface area (Å²) in [5, 5.41) is 2.78. The summed E-state index contributed by atoms with van der Waals surface area (Å²) in [4.78, 5) is 28.6. The predicted molar refractivity (Wildman–Crippen MR) is 113 cm³/mol. The molecule has 1 aromatic heterocycles. The van der Waals surface area contributed by atoms with Crippen LogP contribution in [-0.4, -0.2) is 28.7 Å². The number of ether oxygens (including phenoxy) is 1. The first kappa shape index (κ1) is 20.4. The van der Waals surface area contributed by atoms with Crippen LogP contribution in [-0.2, 0) is 20.9 Å². The average Bonchev–Trinajstić information content (AvgIpc) is 3.13.